The summed E-state index contributed by atoms with van der Waals surface area (Å²) in [6.07, 6.45) is 3.45. The van der Waals surface area contributed by atoms with Gasteiger partial charge < -0.3 is 10.2 Å². The number of aromatic nitrogens is 3. The van der Waals surface area contributed by atoms with Crippen LogP contribution < -0.4 is 5.32 Å². The molecule has 3 aromatic rings. The van der Waals surface area contributed by atoms with Crippen LogP contribution in [0.3, 0.4) is 0 Å². The van der Waals surface area contributed by atoms with Crippen LogP contribution in [0.15, 0.2) is 60.9 Å². The van der Waals surface area contributed by atoms with Crippen LogP contribution in [0.5, 0.6) is 0 Å². The fourth-order valence-corrected chi connectivity index (χ4v) is 3.17. The average molecular weight is 333 g/mol. The lowest BCUT2D eigenvalue weighted by Crippen LogP contribution is -2.48. The Morgan fingerprint density at radius 3 is 2.84 bits per heavy atom. The second-order valence-electron chi connectivity index (χ2n) is 6.04. The van der Waals surface area contributed by atoms with Crippen LogP contribution in [-0.4, -0.2) is 45.6 Å². The largest absolute Gasteiger partial charge is 0.328 e. The van der Waals surface area contributed by atoms with Gasteiger partial charge in [0.05, 0.1) is 11.7 Å². The lowest BCUT2D eigenvalue weighted by Gasteiger charge is -2.36. The van der Waals surface area contributed by atoms with Crippen molar-refractivity contribution < 1.29 is 4.79 Å². The highest BCUT2D eigenvalue weighted by Crippen LogP contribution is 2.25. The molecule has 6 nitrogen and oxygen atoms in total. The van der Waals surface area contributed by atoms with Crippen molar-refractivity contribution in [2.75, 3.05) is 19.6 Å². The topological polar surface area (TPSA) is 73.9 Å². The van der Waals surface area contributed by atoms with Crippen molar-refractivity contribution in [3.8, 4) is 11.3 Å². The minimum absolute atomic E-state index is 0.0209. The number of piperazine rings is 1. The number of carbonyl (C=O) groups excluding carboxylic acids is 1. The van der Waals surface area contributed by atoms with Crippen molar-refractivity contribution in [2.24, 2.45) is 0 Å². The Hall–Kier alpha value is -2.99. The monoisotopic (exact) mass is 333 g/mol. The SMILES string of the molecule is O=C(c1cc(-c2cccnc2)n[nH]1)N1CCNC[C@H]1c1ccccc1. The maximum Gasteiger partial charge on any atom is 0.272 e. The Morgan fingerprint density at radius 1 is 1.16 bits per heavy atom. The Balaban J connectivity index is 1.60. The molecule has 1 atom stereocenters. The molecular formula is C19H19N5O. The summed E-state index contributed by atoms with van der Waals surface area (Å²) in [4.78, 5) is 19.0. The highest BCUT2D eigenvalue weighted by atomic mass is 16.2. The molecule has 1 aliphatic heterocycles. The molecule has 0 spiro atoms. The van der Waals surface area contributed by atoms with E-state index in [4.69, 9.17) is 0 Å². The number of hydrogen-bond acceptors (Lipinski definition) is 4. The van der Waals surface area contributed by atoms with E-state index >= 15 is 0 Å². The molecular weight excluding hydrogens is 314 g/mol. The van der Waals surface area contributed by atoms with Gasteiger partial charge in [-0.25, -0.2) is 0 Å². The van der Waals surface area contributed by atoms with Gasteiger partial charge in [0.15, 0.2) is 0 Å². The van der Waals surface area contributed by atoms with Gasteiger partial charge in [0.2, 0.25) is 0 Å². The third-order valence-corrected chi connectivity index (χ3v) is 4.45. The maximum atomic E-state index is 13.0. The van der Waals surface area contributed by atoms with Gasteiger partial charge in [0, 0.05) is 37.6 Å². The first-order chi connectivity index (χ1) is 12.3. The van der Waals surface area contributed by atoms with E-state index in [1.807, 2.05) is 35.2 Å². The zero-order valence-electron chi connectivity index (χ0n) is 13.7. The van der Waals surface area contributed by atoms with Crippen LogP contribution in [0.2, 0.25) is 0 Å². The first-order valence-electron chi connectivity index (χ1n) is 8.35. The first kappa shape index (κ1) is 15.5. The summed E-state index contributed by atoms with van der Waals surface area (Å²) in [6.45, 7) is 2.21. The van der Waals surface area contributed by atoms with Gasteiger partial charge >= 0.3 is 0 Å². The molecule has 0 radical (unpaired) electrons. The molecule has 1 aromatic carbocycles. The van der Waals surface area contributed by atoms with Crippen molar-refractivity contribution >= 4 is 5.91 Å². The molecule has 1 amide bonds. The van der Waals surface area contributed by atoms with Crippen LogP contribution in [-0.2, 0) is 0 Å². The molecule has 1 aliphatic rings. The molecule has 0 bridgehead atoms. The molecule has 3 heterocycles. The minimum Gasteiger partial charge on any atom is -0.328 e. The van der Waals surface area contributed by atoms with Gasteiger partial charge in [-0.15, -0.1) is 0 Å². The number of nitrogens with zero attached hydrogens (tertiary/aromatic N) is 3. The Kier molecular flexibility index (Phi) is 4.26. The van der Waals surface area contributed by atoms with Crippen molar-refractivity contribution in [2.45, 2.75) is 6.04 Å². The number of aromatic amines is 1. The molecule has 6 heteroatoms. The molecule has 4 rings (SSSR count). The van der Waals surface area contributed by atoms with Gasteiger partial charge in [0.25, 0.3) is 5.91 Å². The lowest BCUT2D eigenvalue weighted by molar-refractivity contribution is 0.0628. The Labute approximate surface area is 145 Å². The van der Waals surface area contributed by atoms with E-state index in [0.717, 1.165) is 29.9 Å². The zero-order chi connectivity index (χ0) is 17.1. The van der Waals surface area contributed by atoms with Gasteiger partial charge in [-0.3, -0.25) is 14.9 Å². The van der Waals surface area contributed by atoms with E-state index in [1.165, 1.54) is 0 Å². The van der Waals surface area contributed by atoms with Gasteiger partial charge in [-0.1, -0.05) is 30.3 Å². The van der Waals surface area contributed by atoms with E-state index in [1.54, 1.807) is 18.5 Å². The zero-order valence-corrected chi connectivity index (χ0v) is 13.7. The Morgan fingerprint density at radius 2 is 2.04 bits per heavy atom. The van der Waals surface area contributed by atoms with Crippen LogP contribution >= 0.6 is 0 Å². The van der Waals surface area contributed by atoms with Crippen molar-refractivity contribution in [1.29, 1.82) is 0 Å². The predicted molar refractivity (Wildman–Crippen MR) is 94.9 cm³/mol. The van der Waals surface area contributed by atoms with E-state index in [9.17, 15) is 4.79 Å². The maximum absolute atomic E-state index is 13.0. The van der Waals surface area contributed by atoms with E-state index in [-0.39, 0.29) is 11.9 Å². The summed E-state index contributed by atoms with van der Waals surface area (Å²) in [7, 11) is 0. The Bertz CT molecular complexity index is 847. The average Bonchev–Trinajstić information content (AvgIpc) is 3.19. The van der Waals surface area contributed by atoms with Crippen molar-refractivity contribution in [3.05, 3.63) is 72.2 Å². The number of H-pyrrole nitrogens is 1. The highest BCUT2D eigenvalue weighted by Gasteiger charge is 2.29. The molecule has 0 saturated carbocycles. The predicted octanol–water partition coefficient (Wildman–Crippen LogP) is 2.26. The summed E-state index contributed by atoms with van der Waals surface area (Å²) < 4.78 is 0. The van der Waals surface area contributed by atoms with Crippen LogP contribution in [0.1, 0.15) is 22.1 Å². The standard InChI is InChI=1S/C19H19N5O/c25-19(17-11-16(22-23-17)15-7-4-8-20-12-15)24-10-9-21-13-18(24)14-5-2-1-3-6-14/h1-8,11-12,18,21H,9-10,13H2,(H,22,23)/t18-/m0/s1. The van der Waals surface area contributed by atoms with Gasteiger partial charge in [-0.05, 0) is 23.8 Å². The molecule has 1 fully saturated rings. The minimum atomic E-state index is -0.0296. The molecule has 2 N–H and O–H groups in total. The highest BCUT2D eigenvalue weighted by molar-refractivity contribution is 5.93. The smallest absolute Gasteiger partial charge is 0.272 e. The lowest BCUT2D eigenvalue weighted by atomic mass is 10.0. The number of rotatable bonds is 3. The number of nitrogens with one attached hydrogen (secondary N) is 2. The molecule has 0 unspecified atom stereocenters. The number of carbonyl (C=O) groups is 1. The fourth-order valence-electron chi connectivity index (χ4n) is 3.17. The van der Waals surface area contributed by atoms with Gasteiger partial charge in [-0.2, -0.15) is 5.10 Å². The van der Waals surface area contributed by atoms with E-state index < -0.39 is 0 Å². The molecule has 1 saturated heterocycles. The summed E-state index contributed by atoms with van der Waals surface area (Å²) in [5, 5.41) is 10.5. The molecule has 25 heavy (non-hydrogen) atoms. The van der Waals surface area contributed by atoms with Crippen LogP contribution in [0.4, 0.5) is 0 Å². The van der Waals surface area contributed by atoms with Gasteiger partial charge in [0.1, 0.15) is 5.69 Å². The van der Waals surface area contributed by atoms with Crippen LogP contribution in [0.25, 0.3) is 11.3 Å². The second kappa shape index (κ2) is 6.86. The molecule has 2 aromatic heterocycles. The summed E-state index contributed by atoms with van der Waals surface area (Å²) in [5.74, 6) is -0.0296. The summed E-state index contributed by atoms with van der Waals surface area (Å²) in [5.41, 5.74) is 3.25. The first-order valence-corrected chi connectivity index (χ1v) is 8.35. The number of amides is 1. The third-order valence-electron chi connectivity index (χ3n) is 4.45. The normalized spacial score (nSPS) is 17.4. The summed E-state index contributed by atoms with van der Waals surface area (Å²) in [6, 6.07) is 15.7. The summed E-state index contributed by atoms with van der Waals surface area (Å²) >= 11 is 0. The number of hydrogen-bond donors (Lipinski definition) is 2. The molecule has 126 valence electrons. The van der Waals surface area contributed by atoms with E-state index in [0.29, 0.717) is 12.2 Å². The number of benzene rings is 1. The second-order valence-corrected chi connectivity index (χ2v) is 6.04. The van der Waals surface area contributed by atoms with Crippen molar-refractivity contribution in [3.63, 3.8) is 0 Å². The molecule has 0 aliphatic carbocycles. The number of pyridine rings is 1. The van der Waals surface area contributed by atoms with E-state index in [2.05, 4.69) is 32.6 Å². The fraction of sp³-hybridized carbons (Fsp3) is 0.211. The quantitative estimate of drug-likeness (QED) is 0.771. The third kappa shape index (κ3) is 3.16. The van der Waals surface area contributed by atoms with Crippen LogP contribution in [0, 0.1) is 0 Å². The van der Waals surface area contributed by atoms with Crippen molar-refractivity contribution in [1.82, 2.24) is 25.4 Å².